The third-order valence-corrected chi connectivity index (χ3v) is 2.73. The van der Waals surface area contributed by atoms with Gasteiger partial charge in [-0.15, -0.1) is 0 Å². The highest BCUT2D eigenvalue weighted by molar-refractivity contribution is 5.13. The molecule has 0 spiro atoms. The molecule has 0 atom stereocenters. The van der Waals surface area contributed by atoms with E-state index in [1.165, 1.54) is 32.1 Å². The van der Waals surface area contributed by atoms with Crippen molar-refractivity contribution in [3.8, 4) is 0 Å². The summed E-state index contributed by atoms with van der Waals surface area (Å²) in [6, 6.07) is 10.1. The lowest BCUT2D eigenvalue weighted by Gasteiger charge is -2.04. The van der Waals surface area contributed by atoms with E-state index in [0.29, 0.717) is 13.2 Å². The minimum atomic E-state index is 0.538. The Balaban J connectivity index is 1.85. The van der Waals surface area contributed by atoms with Crippen molar-refractivity contribution in [1.29, 1.82) is 0 Å². The second kappa shape index (κ2) is 10.3. The highest BCUT2D eigenvalue weighted by atomic mass is 17.2. The molecule has 0 heterocycles. The van der Waals surface area contributed by atoms with Crippen LogP contribution in [0.15, 0.2) is 30.3 Å². The lowest BCUT2D eigenvalue weighted by molar-refractivity contribution is -0.304. The van der Waals surface area contributed by atoms with Gasteiger partial charge in [0.15, 0.2) is 0 Å². The van der Waals surface area contributed by atoms with Gasteiger partial charge in [-0.2, -0.15) is 0 Å². The first kappa shape index (κ1) is 14.2. The number of hydrogen-bond acceptors (Lipinski definition) is 2. The molecule has 0 saturated heterocycles. The highest BCUT2D eigenvalue weighted by Crippen LogP contribution is 2.05. The molecule has 96 valence electrons. The summed E-state index contributed by atoms with van der Waals surface area (Å²) in [5, 5.41) is 0. The van der Waals surface area contributed by atoms with E-state index in [9.17, 15) is 0 Å². The third-order valence-electron chi connectivity index (χ3n) is 2.73. The van der Waals surface area contributed by atoms with Gasteiger partial charge < -0.3 is 0 Å². The fourth-order valence-electron chi connectivity index (χ4n) is 1.68. The average Bonchev–Trinajstić information content (AvgIpc) is 2.38. The first-order chi connectivity index (χ1) is 8.43. The normalized spacial score (nSPS) is 10.6. The summed E-state index contributed by atoms with van der Waals surface area (Å²) < 4.78 is 0. The summed E-state index contributed by atoms with van der Waals surface area (Å²) in [4.78, 5) is 10.3. The zero-order valence-electron chi connectivity index (χ0n) is 10.9. The van der Waals surface area contributed by atoms with Gasteiger partial charge in [0.1, 0.15) is 6.61 Å². The van der Waals surface area contributed by atoms with Gasteiger partial charge in [0.2, 0.25) is 0 Å². The molecule has 0 saturated carbocycles. The van der Waals surface area contributed by atoms with Crippen molar-refractivity contribution in [2.45, 2.75) is 52.1 Å². The zero-order valence-corrected chi connectivity index (χ0v) is 10.9. The van der Waals surface area contributed by atoms with Crippen LogP contribution in [0.25, 0.3) is 0 Å². The minimum absolute atomic E-state index is 0.538. The SMILES string of the molecule is CCCCCCCCOOCc1ccccc1. The van der Waals surface area contributed by atoms with Crippen molar-refractivity contribution >= 4 is 0 Å². The molecule has 0 aromatic heterocycles. The fourth-order valence-corrected chi connectivity index (χ4v) is 1.68. The van der Waals surface area contributed by atoms with E-state index in [2.05, 4.69) is 6.92 Å². The molecule has 1 rings (SSSR count). The summed E-state index contributed by atoms with van der Waals surface area (Å²) in [5.41, 5.74) is 1.15. The predicted molar refractivity (Wildman–Crippen MR) is 70.6 cm³/mol. The van der Waals surface area contributed by atoms with E-state index in [4.69, 9.17) is 9.78 Å². The summed E-state index contributed by atoms with van der Waals surface area (Å²) in [6.07, 6.45) is 7.66. The molecular formula is C15H24O2. The molecule has 2 heteroatoms. The van der Waals surface area contributed by atoms with Crippen LogP contribution < -0.4 is 0 Å². The van der Waals surface area contributed by atoms with E-state index < -0.39 is 0 Å². The molecule has 0 unspecified atom stereocenters. The van der Waals surface area contributed by atoms with Gasteiger partial charge in [-0.25, -0.2) is 9.78 Å². The molecule has 0 aliphatic rings. The van der Waals surface area contributed by atoms with Gasteiger partial charge in [0.05, 0.1) is 6.61 Å². The molecule has 0 fully saturated rings. The Kier molecular flexibility index (Phi) is 8.61. The lowest BCUT2D eigenvalue weighted by Crippen LogP contribution is -1.97. The van der Waals surface area contributed by atoms with Crippen molar-refractivity contribution in [3.63, 3.8) is 0 Å². The maximum absolute atomic E-state index is 5.15. The van der Waals surface area contributed by atoms with Crippen LogP contribution >= 0.6 is 0 Å². The molecule has 0 aliphatic carbocycles. The van der Waals surface area contributed by atoms with Crippen molar-refractivity contribution in [3.05, 3.63) is 35.9 Å². The van der Waals surface area contributed by atoms with Crippen molar-refractivity contribution in [2.75, 3.05) is 6.61 Å². The summed E-state index contributed by atoms with van der Waals surface area (Å²) >= 11 is 0. The van der Waals surface area contributed by atoms with Crippen molar-refractivity contribution in [1.82, 2.24) is 0 Å². The number of rotatable bonds is 10. The van der Waals surface area contributed by atoms with Gasteiger partial charge in [0, 0.05) is 0 Å². The quantitative estimate of drug-likeness (QED) is 0.338. The topological polar surface area (TPSA) is 18.5 Å². The van der Waals surface area contributed by atoms with Crippen LogP contribution in [0.3, 0.4) is 0 Å². The third kappa shape index (κ3) is 7.94. The predicted octanol–water partition coefficient (Wildman–Crippen LogP) is 4.50. The van der Waals surface area contributed by atoms with Gasteiger partial charge >= 0.3 is 0 Å². The average molecular weight is 236 g/mol. The van der Waals surface area contributed by atoms with Crippen LogP contribution in [0.5, 0.6) is 0 Å². The second-order valence-corrected chi connectivity index (χ2v) is 4.34. The Morgan fingerprint density at radius 2 is 1.53 bits per heavy atom. The standard InChI is InChI=1S/C15H24O2/c1-2-3-4-5-6-10-13-16-17-14-15-11-8-7-9-12-15/h7-9,11-12H,2-6,10,13-14H2,1H3. The molecule has 17 heavy (non-hydrogen) atoms. The first-order valence-electron chi connectivity index (χ1n) is 6.72. The Bertz CT molecular complexity index is 259. The summed E-state index contributed by atoms with van der Waals surface area (Å²) in [7, 11) is 0. The highest BCUT2D eigenvalue weighted by Gasteiger charge is 1.93. The van der Waals surface area contributed by atoms with Crippen LogP contribution in [0, 0.1) is 0 Å². The summed E-state index contributed by atoms with van der Waals surface area (Å²) in [5.74, 6) is 0. The molecule has 0 aliphatic heterocycles. The van der Waals surface area contributed by atoms with Crippen LogP contribution in [-0.2, 0) is 16.4 Å². The van der Waals surface area contributed by atoms with E-state index in [1.807, 2.05) is 30.3 Å². The largest absolute Gasteiger partial charge is 0.236 e. The molecule has 1 aromatic rings. The maximum Gasteiger partial charge on any atom is 0.107 e. The van der Waals surface area contributed by atoms with E-state index in [-0.39, 0.29) is 0 Å². The Hall–Kier alpha value is -0.860. The molecular weight excluding hydrogens is 212 g/mol. The summed E-state index contributed by atoms with van der Waals surface area (Å²) in [6.45, 7) is 3.48. The number of hydrogen-bond donors (Lipinski definition) is 0. The Labute approximate surface area is 105 Å². The Morgan fingerprint density at radius 1 is 0.824 bits per heavy atom. The van der Waals surface area contributed by atoms with Gasteiger partial charge in [-0.05, 0) is 12.0 Å². The Morgan fingerprint density at radius 3 is 2.29 bits per heavy atom. The maximum atomic E-state index is 5.15. The van der Waals surface area contributed by atoms with Crippen LogP contribution in [0.1, 0.15) is 51.0 Å². The number of unbranched alkanes of at least 4 members (excludes halogenated alkanes) is 5. The van der Waals surface area contributed by atoms with Crippen molar-refractivity contribution < 1.29 is 9.78 Å². The van der Waals surface area contributed by atoms with Gasteiger partial charge in [0.25, 0.3) is 0 Å². The molecule has 0 bridgehead atoms. The monoisotopic (exact) mass is 236 g/mol. The molecule has 0 N–H and O–H groups in total. The zero-order chi connectivity index (χ0) is 12.2. The van der Waals surface area contributed by atoms with E-state index in [0.717, 1.165) is 12.0 Å². The first-order valence-corrected chi connectivity index (χ1v) is 6.72. The molecule has 1 aromatic carbocycles. The molecule has 0 amide bonds. The van der Waals surface area contributed by atoms with Gasteiger partial charge in [-0.3, -0.25) is 0 Å². The van der Waals surface area contributed by atoms with Crippen LogP contribution in [0.4, 0.5) is 0 Å². The fraction of sp³-hybridized carbons (Fsp3) is 0.600. The number of benzene rings is 1. The lowest BCUT2D eigenvalue weighted by atomic mass is 10.1. The molecule has 0 radical (unpaired) electrons. The van der Waals surface area contributed by atoms with Crippen LogP contribution in [0.2, 0.25) is 0 Å². The minimum Gasteiger partial charge on any atom is -0.236 e. The smallest absolute Gasteiger partial charge is 0.107 e. The second-order valence-electron chi connectivity index (χ2n) is 4.34. The van der Waals surface area contributed by atoms with Crippen LogP contribution in [-0.4, -0.2) is 6.61 Å². The van der Waals surface area contributed by atoms with Crippen molar-refractivity contribution in [2.24, 2.45) is 0 Å². The molecule has 2 nitrogen and oxygen atoms in total. The van der Waals surface area contributed by atoms with E-state index in [1.54, 1.807) is 0 Å². The van der Waals surface area contributed by atoms with Gasteiger partial charge in [-0.1, -0.05) is 69.4 Å². The van der Waals surface area contributed by atoms with E-state index >= 15 is 0 Å².